The van der Waals surface area contributed by atoms with Gasteiger partial charge in [0.1, 0.15) is 0 Å². The molecule has 0 radical (unpaired) electrons. The summed E-state index contributed by atoms with van der Waals surface area (Å²) in [6.45, 7) is 4.41. The first-order chi connectivity index (χ1) is 6.66. The monoisotopic (exact) mass is 185 g/mol. The molecule has 0 bridgehead atoms. The molecule has 0 aromatic heterocycles. The number of benzene rings is 2. The molecule has 0 unspecified atom stereocenters. The van der Waals surface area contributed by atoms with Crippen LogP contribution < -0.4 is 5.73 Å². The predicted molar refractivity (Wildman–Crippen MR) is 62.4 cm³/mol. The average molecular weight is 185 g/mol. The van der Waals surface area contributed by atoms with Crippen LogP contribution in [-0.2, 0) is 0 Å². The van der Waals surface area contributed by atoms with Crippen LogP contribution in [0.15, 0.2) is 36.4 Å². The van der Waals surface area contributed by atoms with Crippen molar-refractivity contribution < 1.29 is 0 Å². The molecule has 2 N–H and O–H groups in total. The molecule has 0 aliphatic rings. The average Bonchev–Trinajstić information content (AvgIpc) is 2.16. The predicted octanol–water partition coefficient (Wildman–Crippen LogP) is 3.55. The Balaban J connectivity index is 2.62. The molecule has 0 amide bonds. The van der Waals surface area contributed by atoms with Gasteiger partial charge < -0.3 is 5.73 Å². The van der Waals surface area contributed by atoms with Crippen LogP contribution in [0.4, 0.5) is 5.69 Å². The normalized spacial score (nSPS) is 11.1. The molecule has 2 aromatic carbocycles. The molecular formula is C13H15N. The Morgan fingerprint density at radius 3 is 2.29 bits per heavy atom. The van der Waals surface area contributed by atoms with Gasteiger partial charge in [0.05, 0.1) is 0 Å². The summed E-state index contributed by atoms with van der Waals surface area (Å²) in [5.41, 5.74) is 7.93. The minimum atomic E-state index is 0.581. The molecule has 0 saturated heterocycles. The molecule has 1 nitrogen and oxygen atoms in total. The van der Waals surface area contributed by atoms with Gasteiger partial charge in [-0.05, 0) is 34.4 Å². The molecule has 2 aromatic rings. The molecule has 1 heteroatoms. The van der Waals surface area contributed by atoms with E-state index < -0.39 is 0 Å². The third-order valence-electron chi connectivity index (χ3n) is 2.56. The van der Waals surface area contributed by atoms with Crippen molar-refractivity contribution in [3.8, 4) is 0 Å². The van der Waals surface area contributed by atoms with Crippen molar-refractivity contribution >= 4 is 16.5 Å². The Hall–Kier alpha value is -1.50. The molecule has 0 fully saturated rings. The standard InChI is InChI=1S/C13H15N/c1-9(2)10-3-4-12-8-13(14)6-5-11(12)7-10/h3-9H,14H2,1-2H3. The largest absolute Gasteiger partial charge is 0.399 e. The molecule has 72 valence electrons. The van der Waals surface area contributed by atoms with Crippen molar-refractivity contribution in [1.29, 1.82) is 0 Å². The van der Waals surface area contributed by atoms with Crippen LogP contribution in [0.1, 0.15) is 25.3 Å². The molecule has 0 aliphatic heterocycles. The Morgan fingerprint density at radius 2 is 1.57 bits per heavy atom. The first-order valence-corrected chi connectivity index (χ1v) is 4.96. The molecule has 2 rings (SSSR count). The lowest BCUT2D eigenvalue weighted by molar-refractivity contribution is 0.869. The zero-order chi connectivity index (χ0) is 10.1. The molecule has 0 spiro atoms. The second-order valence-corrected chi connectivity index (χ2v) is 4.02. The van der Waals surface area contributed by atoms with Gasteiger partial charge in [-0.1, -0.05) is 38.1 Å². The van der Waals surface area contributed by atoms with Crippen LogP contribution in [0.2, 0.25) is 0 Å². The Kier molecular flexibility index (Phi) is 2.16. The maximum atomic E-state index is 5.72. The summed E-state index contributed by atoms with van der Waals surface area (Å²) in [7, 11) is 0. The smallest absolute Gasteiger partial charge is 0.0320 e. The second kappa shape index (κ2) is 3.33. The minimum absolute atomic E-state index is 0.581. The number of nitrogens with two attached hydrogens (primary N) is 1. The number of nitrogen functional groups attached to an aromatic ring is 1. The van der Waals surface area contributed by atoms with Gasteiger partial charge in [-0.25, -0.2) is 0 Å². The number of hydrogen-bond acceptors (Lipinski definition) is 1. The first-order valence-electron chi connectivity index (χ1n) is 4.96. The van der Waals surface area contributed by atoms with Crippen LogP contribution in [0.3, 0.4) is 0 Å². The second-order valence-electron chi connectivity index (χ2n) is 4.02. The van der Waals surface area contributed by atoms with Crippen LogP contribution in [0.25, 0.3) is 10.8 Å². The highest BCUT2D eigenvalue weighted by atomic mass is 14.5. The highest BCUT2D eigenvalue weighted by Gasteiger charge is 2.00. The summed E-state index contributed by atoms with van der Waals surface area (Å²) in [5, 5.41) is 2.49. The fourth-order valence-electron chi connectivity index (χ4n) is 1.64. The fourth-order valence-corrected chi connectivity index (χ4v) is 1.64. The summed E-state index contributed by atoms with van der Waals surface area (Å²) in [4.78, 5) is 0. The van der Waals surface area contributed by atoms with Crippen molar-refractivity contribution in [2.45, 2.75) is 19.8 Å². The fraction of sp³-hybridized carbons (Fsp3) is 0.231. The molecule has 0 saturated carbocycles. The Labute approximate surface area is 84.5 Å². The molecule has 0 heterocycles. The number of fused-ring (bicyclic) bond motifs is 1. The summed E-state index contributed by atoms with van der Waals surface area (Å²) in [5.74, 6) is 0.581. The zero-order valence-corrected chi connectivity index (χ0v) is 8.62. The van der Waals surface area contributed by atoms with Crippen LogP contribution in [0.5, 0.6) is 0 Å². The van der Waals surface area contributed by atoms with E-state index >= 15 is 0 Å². The highest BCUT2D eigenvalue weighted by Crippen LogP contribution is 2.22. The lowest BCUT2D eigenvalue weighted by Crippen LogP contribution is -1.88. The van der Waals surface area contributed by atoms with E-state index in [0.717, 1.165) is 5.69 Å². The van der Waals surface area contributed by atoms with Crippen LogP contribution in [0, 0.1) is 0 Å². The quantitative estimate of drug-likeness (QED) is 0.675. The highest BCUT2D eigenvalue weighted by molar-refractivity contribution is 5.86. The van der Waals surface area contributed by atoms with E-state index in [9.17, 15) is 0 Å². The van der Waals surface area contributed by atoms with Gasteiger partial charge in [0, 0.05) is 5.69 Å². The third-order valence-corrected chi connectivity index (χ3v) is 2.56. The lowest BCUT2D eigenvalue weighted by Gasteiger charge is -2.07. The summed E-state index contributed by atoms with van der Waals surface area (Å²) in [6, 6.07) is 12.6. The van der Waals surface area contributed by atoms with E-state index in [4.69, 9.17) is 5.73 Å². The maximum Gasteiger partial charge on any atom is 0.0320 e. The Morgan fingerprint density at radius 1 is 0.929 bits per heavy atom. The first kappa shape index (κ1) is 9.07. The van der Waals surface area contributed by atoms with Gasteiger partial charge in [0.15, 0.2) is 0 Å². The van der Waals surface area contributed by atoms with E-state index in [1.165, 1.54) is 16.3 Å². The van der Waals surface area contributed by atoms with Gasteiger partial charge in [-0.2, -0.15) is 0 Å². The van der Waals surface area contributed by atoms with Gasteiger partial charge in [-0.3, -0.25) is 0 Å². The molecule has 0 aliphatic carbocycles. The number of rotatable bonds is 1. The molecule has 0 atom stereocenters. The van der Waals surface area contributed by atoms with E-state index in [-0.39, 0.29) is 0 Å². The topological polar surface area (TPSA) is 26.0 Å². The SMILES string of the molecule is CC(C)c1ccc2cc(N)ccc2c1. The molecule has 14 heavy (non-hydrogen) atoms. The van der Waals surface area contributed by atoms with Gasteiger partial charge >= 0.3 is 0 Å². The van der Waals surface area contributed by atoms with E-state index in [2.05, 4.69) is 38.1 Å². The van der Waals surface area contributed by atoms with E-state index in [0.29, 0.717) is 5.92 Å². The summed E-state index contributed by atoms with van der Waals surface area (Å²) >= 11 is 0. The van der Waals surface area contributed by atoms with Crippen LogP contribution in [-0.4, -0.2) is 0 Å². The maximum absolute atomic E-state index is 5.72. The van der Waals surface area contributed by atoms with Gasteiger partial charge in [0.2, 0.25) is 0 Å². The van der Waals surface area contributed by atoms with E-state index in [1.54, 1.807) is 0 Å². The van der Waals surface area contributed by atoms with Crippen molar-refractivity contribution in [2.75, 3.05) is 5.73 Å². The Bertz CT molecular complexity index is 458. The van der Waals surface area contributed by atoms with Crippen LogP contribution >= 0.6 is 0 Å². The summed E-state index contributed by atoms with van der Waals surface area (Å²) < 4.78 is 0. The van der Waals surface area contributed by atoms with E-state index in [1.807, 2.05) is 12.1 Å². The van der Waals surface area contributed by atoms with Crippen molar-refractivity contribution in [1.82, 2.24) is 0 Å². The summed E-state index contributed by atoms with van der Waals surface area (Å²) in [6.07, 6.45) is 0. The lowest BCUT2D eigenvalue weighted by atomic mass is 9.99. The van der Waals surface area contributed by atoms with Crippen molar-refractivity contribution in [3.05, 3.63) is 42.0 Å². The zero-order valence-electron chi connectivity index (χ0n) is 8.62. The minimum Gasteiger partial charge on any atom is -0.399 e. The van der Waals surface area contributed by atoms with Gasteiger partial charge in [-0.15, -0.1) is 0 Å². The van der Waals surface area contributed by atoms with Gasteiger partial charge in [0.25, 0.3) is 0 Å². The number of anilines is 1. The van der Waals surface area contributed by atoms with Crippen molar-refractivity contribution in [3.63, 3.8) is 0 Å². The third kappa shape index (κ3) is 1.58. The molecular weight excluding hydrogens is 170 g/mol. The number of hydrogen-bond donors (Lipinski definition) is 1. The van der Waals surface area contributed by atoms with Crippen molar-refractivity contribution in [2.24, 2.45) is 0 Å².